The first kappa shape index (κ1) is 13.2. The van der Waals surface area contributed by atoms with Crippen molar-refractivity contribution in [1.29, 1.82) is 0 Å². The third-order valence-corrected chi connectivity index (χ3v) is 3.61. The zero-order valence-electron chi connectivity index (χ0n) is 9.33. The Bertz CT molecular complexity index is 402. The fourth-order valence-electron chi connectivity index (χ4n) is 1.45. The molecule has 90 valence electrons. The number of benzene rings is 1. The van der Waals surface area contributed by atoms with Crippen molar-refractivity contribution in [2.24, 2.45) is 0 Å². The molecule has 0 aromatic heterocycles. The molecule has 4 nitrogen and oxygen atoms in total. The number of hydrogen-bond donors (Lipinski definition) is 1. The van der Waals surface area contributed by atoms with Crippen LogP contribution in [0.25, 0.3) is 0 Å². The Morgan fingerprint density at radius 2 is 1.81 bits per heavy atom. The van der Waals surface area contributed by atoms with E-state index in [1.165, 1.54) is 4.31 Å². The molecule has 0 atom stereocenters. The van der Waals surface area contributed by atoms with E-state index in [0.29, 0.717) is 13.0 Å². The molecule has 0 spiro atoms. The maximum absolute atomic E-state index is 11.4. The fraction of sp³-hybridized carbons (Fsp3) is 0.455. The lowest BCUT2D eigenvalue weighted by molar-refractivity contribution is 0.255. The number of aliphatic hydroxyl groups excluding tert-OH is 1. The Labute approximate surface area is 96.6 Å². The summed E-state index contributed by atoms with van der Waals surface area (Å²) < 4.78 is 24.0. The molecule has 16 heavy (non-hydrogen) atoms. The van der Waals surface area contributed by atoms with Crippen LogP contribution in [0.15, 0.2) is 30.3 Å². The minimum absolute atomic E-state index is 0.151. The molecule has 0 heterocycles. The van der Waals surface area contributed by atoms with E-state index in [0.717, 1.165) is 11.8 Å². The van der Waals surface area contributed by atoms with Gasteiger partial charge in [-0.3, -0.25) is 0 Å². The first-order valence-corrected chi connectivity index (χ1v) is 6.99. The van der Waals surface area contributed by atoms with Gasteiger partial charge >= 0.3 is 0 Å². The molecule has 1 aromatic carbocycles. The summed E-state index contributed by atoms with van der Waals surface area (Å²) in [6, 6.07) is 9.68. The molecule has 0 saturated carbocycles. The molecule has 0 saturated heterocycles. The van der Waals surface area contributed by atoms with Crippen LogP contribution < -0.4 is 0 Å². The maximum Gasteiger partial charge on any atom is 0.211 e. The molecule has 1 aromatic rings. The van der Waals surface area contributed by atoms with E-state index < -0.39 is 10.0 Å². The van der Waals surface area contributed by atoms with Crippen molar-refractivity contribution in [3.63, 3.8) is 0 Å². The van der Waals surface area contributed by atoms with Gasteiger partial charge in [0.05, 0.1) is 12.9 Å². The third-order valence-electron chi connectivity index (χ3n) is 2.31. The number of rotatable bonds is 6. The summed E-state index contributed by atoms with van der Waals surface area (Å²) in [4.78, 5) is 0. The highest BCUT2D eigenvalue weighted by molar-refractivity contribution is 7.88. The van der Waals surface area contributed by atoms with Crippen molar-refractivity contribution in [2.75, 3.05) is 26.0 Å². The van der Waals surface area contributed by atoms with Crippen LogP contribution in [0.2, 0.25) is 0 Å². The molecular weight excluding hydrogens is 226 g/mol. The molecule has 0 aliphatic carbocycles. The molecule has 0 unspecified atom stereocenters. The summed E-state index contributed by atoms with van der Waals surface area (Å²) in [6.07, 6.45) is 1.82. The van der Waals surface area contributed by atoms with E-state index in [1.807, 2.05) is 30.3 Å². The Morgan fingerprint density at radius 1 is 1.19 bits per heavy atom. The topological polar surface area (TPSA) is 57.6 Å². The van der Waals surface area contributed by atoms with Gasteiger partial charge in [-0.1, -0.05) is 30.3 Å². The fourth-order valence-corrected chi connectivity index (χ4v) is 2.29. The second kappa shape index (κ2) is 5.98. The first-order valence-electron chi connectivity index (χ1n) is 5.14. The van der Waals surface area contributed by atoms with E-state index in [2.05, 4.69) is 0 Å². The Morgan fingerprint density at radius 3 is 2.31 bits per heavy atom. The average Bonchev–Trinajstić information content (AvgIpc) is 2.24. The molecule has 0 bridgehead atoms. The van der Waals surface area contributed by atoms with Crippen LogP contribution in [0.1, 0.15) is 5.56 Å². The van der Waals surface area contributed by atoms with E-state index in [-0.39, 0.29) is 13.2 Å². The van der Waals surface area contributed by atoms with E-state index in [1.54, 1.807) is 0 Å². The summed E-state index contributed by atoms with van der Waals surface area (Å²) in [5.41, 5.74) is 1.09. The van der Waals surface area contributed by atoms with Gasteiger partial charge in [0.1, 0.15) is 0 Å². The van der Waals surface area contributed by atoms with Crippen LogP contribution in [0.4, 0.5) is 0 Å². The van der Waals surface area contributed by atoms with Crippen LogP contribution in [-0.4, -0.2) is 43.8 Å². The largest absolute Gasteiger partial charge is 0.395 e. The highest BCUT2D eigenvalue weighted by Gasteiger charge is 2.15. The van der Waals surface area contributed by atoms with Gasteiger partial charge in [0.2, 0.25) is 10.0 Å². The van der Waals surface area contributed by atoms with Crippen molar-refractivity contribution >= 4 is 10.0 Å². The highest BCUT2D eigenvalue weighted by atomic mass is 32.2. The summed E-state index contributed by atoms with van der Waals surface area (Å²) in [6.45, 7) is 0.414. The number of hydrogen-bond acceptors (Lipinski definition) is 3. The second-order valence-corrected chi connectivity index (χ2v) is 5.60. The second-order valence-electron chi connectivity index (χ2n) is 3.62. The quantitative estimate of drug-likeness (QED) is 0.791. The van der Waals surface area contributed by atoms with Crippen molar-refractivity contribution < 1.29 is 13.5 Å². The SMILES string of the molecule is CS(=O)(=O)N(CCO)CCc1ccccc1. The summed E-state index contributed by atoms with van der Waals surface area (Å²) >= 11 is 0. The summed E-state index contributed by atoms with van der Waals surface area (Å²) in [5, 5.41) is 8.79. The van der Waals surface area contributed by atoms with E-state index >= 15 is 0 Å². The molecule has 1 N–H and O–H groups in total. The van der Waals surface area contributed by atoms with Crippen LogP contribution in [0.5, 0.6) is 0 Å². The van der Waals surface area contributed by atoms with Crippen molar-refractivity contribution in [2.45, 2.75) is 6.42 Å². The smallest absolute Gasteiger partial charge is 0.211 e. The maximum atomic E-state index is 11.4. The van der Waals surface area contributed by atoms with Crippen molar-refractivity contribution in [1.82, 2.24) is 4.31 Å². The van der Waals surface area contributed by atoms with Gasteiger partial charge in [-0.2, -0.15) is 4.31 Å². The van der Waals surface area contributed by atoms with Crippen LogP contribution in [0.3, 0.4) is 0 Å². The highest BCUT2D eigenvalue weighted by Crippen LogP contribution is 2.04. The van der Waals surface area contributed by atoms with Crippen molar-refractivity contribution in [3.05, 3.63) is 35.9 Å². The van der Waals surface area contributed by atoms with Gasteiger partial charge in [0.25, 0.3) is 0 Å². The Hall–Kier alpha value is -0.910. The third kappa shape index (κ3) is 4.30. The molecule has 5 heteroatoms. The molecule has 0 fully saturated rings. The van der Waals surface area contributed by atoms with E-state index in [4.69, 9.17) is 5.11 Å². The molecular formula is C11H17NO3S. The molecule has 0 aliphatic heterocycles. The summed E-state index contributed by atoms with van der Waals surface area (Å²) in [7, 11) is -3.22. The van der Waals surface area contributed by atoms with Gasteiger partial charge in [-0.05, 0) is 12.0 Å². The minimum atomic E-state index is -3.22. The predicted molar refractivity (Wildman–Crippen MR) is 63.6 cm³/mol. The van der Waals surface area contributed by atoms with Crippen molar-refractivity contribution in [3.8, 4) is 0 Å². The zero-order chi connectivity index (χ0) is 12.0. The number of nitrogens with zero attached hydrogens (tertiary/aromatic N) is 1. The van der Waals surface area contributed by atoms with Gasteiger partial charge in [0, 0.05) is 13.1 Å². The lowest BCUT2D eigenvalue weighted by Gasteiger charge is -2.18. The van der Waals surface area contributed by atoms with Gasteiger partial charge in [-0.25, -0.2) is 8.42 Å². The Kier molecular flexibility index (Phi) is 4.92. The standard InChI is InChI=1S/C11H17NO3S/c1-16(14,15)12(9-10-13)8-7-11-5-3-2-4-6-11/h2-6,13H,7-10H2,1H3. The minimum Gasteiger partial charge on any atom is -0.395 e. The van der Waals surface area contributed by atoms with Crippen LogP contribution >= 0.6 is 0 Å². The first-order chi connectivity index (χ1) is 7.54. The lowest BCUT2D eigenvalue weighted by Crippen LogP contribution is -2.34. The van der Waals surface area contributed by atoms with Crippen LogP contribution in [0, 0.1) is 0 Å². The molecule has 0 amide bonds. The molecule has 0 radical (unpaired) electrons. The lowest BCUT2D eigenvalue weighted by atomic mass is 10.1. The number of sulfonamides is 1. The molecule has 0 aliphatic rings. The monoisotopic (exact) mass is 243 g/mol. The van der Waals surface area contributed by atoms with Crippen LogP contribution in [-0.2, 0) is 16.4 Å². The Balaban J connectivity index is 2.58. The summed E-state index contributed by atoms with van der Waals surface area (Å²) in [5.74, 6) is 0. The number of aliphatic hydroxyl groups is 1. The van der Waals surface area contributed by atoms with Gasteiger partial charge in [-0.15, -0.1) is 0 Å². The average molecular weight is 243 g/mol. The van der Waals surface area contributed by atoms with Gasteiger partial charge < -0.3 is 5.11 Å². The van der Waals surface area contributed by atoms with Gasteiger partial charge in [0.15, 0.2) is 0 Å². The zero-order valence-corrected chi connectivity index (χ0v) is 10.2. The normalized spacial score (nSPS) is 11.9. The molecule has 1 rings (SSSR count). The van der Waals surface area contributed by atoms with E-state index in [9.17, 15) is 8.42 Å². The predicted octanol–water partition coefficient (Wildman–Crippen LogP) is 0.483.